The van der Waals surface area contributed by atoms with Crippen molar-refractivity contribution in [2.24, 2.45) is 0 Å². The molecule has 0 atom stereocenters. The summed E-state index contributed by atoms with van der Waals surface area (Å²) in [6.07, 6.45) is 1.80. The van der Waals surface area contributed by atoms with E-state index in [4.69, 9.17) is 10.5 Å². The quantitative estimate of drug-likeness (QED) is 0.764. The van der Waals surface area contributed by atoms with Gasteiger partial charge in [0.1, 0.15) is 17.4 Å². The lowest BCUT2D eigenvalue weighted by atomic mass is 10.1. The van der Waals surface area contributed by atoms with E-state index in [1.54, 1.807) is 0 Å². The fraction of sp³-hybridized carbons (Fsp3) is 0.556. The lowest BCUT2D eigenvalue weighted by Crippen LogP contribution is -2.18. The molecule has 0 bridgehead atoms. The lowest BCUT2D eigenvalue weighted by Gasteiger charge is -2.17. The van der Waals surface area contributed by atoms with E-state index in [0.29, 0.717) is 25.5 Å². The van der Waals surface area contributed by atoms with Crippen molar-refractivity contribution in [2.75, 3.05) is 18.6 Å². The second-order valence-electron chi connectivity index (χ2n) is 3.82. The van der Waals surface area contributed by atoms with Crippen molar-refractivity contribution in [2.45, 2.75) is 18.8 Å². The van der Waals surface area contributed by atoms with E-state index in [1.807, 2.05) is 0 Å². The van der Waals surface area contributed by atoms with Gasteiger partial charge in [-0.15, -0.1) is 0 Å². The predicted molar refractivity (Wildman–Crippen MR) is 58.4 cm³/mol. The number of nitrogens with two attached hydrogens (primary N) is 1. The van der Waals surface area contributed by atoms with Crippen LogP contribution in [0, 0.1) is 0 Å². The van der Waals surface area contributed by atoms with Gasteiger partial charge in [-0.05, 0) is 0 Å². The number of nitrogens with zero attached hydrogens (tertiary/aromatic N) is 2. The van der Waals surface area contributed by atoms with Crippen LogP contribution in [0.25, 0.3) is 0 Å². The molecule has 1 aromatic heterocycles. The summed E-state index contributed by atoms with van der Waals surface area (Å²) in [7, 11) is -3.13. The van der Waals surface area contributed by atoms with Crippen molar-refractivity contribution >= 4 is 15.7 Å². The highest BCUT2D eigenvalue weighted by Crippen LogP contribution is 2.20. The van der Waals surface area contributed by atoms with E-state index in [1.165, 1.54) is 0 Å². The van der Waals surface area contributed by atoms with Crippen LogP contribution >= 0.6 is 0 Å². The number of anilines is 1. The number of ether oxygens (including phenoxy) is 1. The van der Waals surface area contributed by atoms with Gasteiger partial charge in [0.15, 0.2) is 9.84 Å². The summed E-state index contributed by atoms with van der Waals surface area (Å²) in [6.45, 7) is 0.988. The number of sulfone groups is 1. The molecule has 7 heteroatoms. The van der Waals surface area contributed by atoms with Gasteiger partial charge in [0, 0.05) is 18.2 Å². The number of fused-ring (bicyclic) bond motifs is 1. The molecule has 0 unspecified atom stereocenters. The average molecular weight is 243 g/mol. The Balaban J connectivity index is 2.39. The summed E-state index contributed by atoms with van der Waals surface area (Å²) in [6, 6.07) is 0. The lowest BCUT2D eigenvalue weighted by molar-refractivity contribution is 0.109. The minimum atomic E-state index is -3.13. The number of rotatable bonds is 2. The summed E-state index contributed by atoms with van der Waals surface area (Å²) in [5.41, 5.74) is 7.32. The first kappa shape index (κ1) is 11.3. The van der Waals surface area contributed by atoms with Crippen molar-refractivity contribution in [3.05, 3.63) is 17.1 Å². The molecule has 2 N–H and O–H groups in total. The summed E-state index contributed by atoms with van der Waals surface area (Å²) in [5, 5.41) is 0. The third-order valence-corrected chi connectivity index (χ3v) is 3.07. The number of aromatic nitrogens is 2. The highest BCUT2D eigenvalue weighted by molar-refractivity contribution is 7.89. The number of hydrogen-bond acceptors (Lipinski definition) is 6. The largest absolute Gasteiger partial charge is 0.383 e. The van der Waals surface area contributed by atoms with Gasteiger partial charge < -0.3 is 10.5 Å². The first-order chi connectivity index (χ1) is 7.46. The smallest absolute Gasteiger partial charge is 0.154 e. The Bertz CT molecular complexity index is 513. The topological polar surface area (TPSA) is 95.2 Å². The molecule has 1 aliphatic rings. The molecule has 1 aliphatic heterocycles. The monoisotopic (exact) mass is 243 g/mol. The molecule has 2 heterocycles. The number of hydrogen-bond donors (Lipinski definition) is 1. The Morgan fingerprint density at radius 3 is 2.88 bits per heavy atom. The van der Waals surface area contributed by atoms with Crippen LogP contribution < -0.4 is 5.73 Å². The molecular formula is C9H13N3O3S. The van der Waals surface area contributed by atoms with Crippen molar-refractivity contribution in [1.29, 1.82) is 0 Å². The Morgan fingerprint density at radius 1 is 1.44 bits per heavy atom. The maximum atomic E-state index is 11.1. The summed E-state index contributed by atoms with van der Waals surface area (Å²) in [5.74, 6) is 0.412. The molecular weight excluding hydrogens is 230 g/mol. The van der Waals surface area contributed by atoms with Crippen LogP contribution in [0.4, 0.5) is 5.82 Å². The molecule has 0 saturated heterocycles. The minimum absolute atomic E-state index is 0.175. The Kier molecular flexibility index (Phi) is 2.81. The van der Waals surface area contributed by atoms with E-state index in [2.05, 4.69) is 9.97 Å². The van der Waals surface area contributed by atoms with Crippen LogP contribution in [0.1, 0.15) is 17.1 Å². The second kappa shape index (κ2) is 3.99. The Morgan fingerprint density at radius 2 is 2.19 bits per heavy atom. The highest BCUT2D eigenvalue weighted by atomic mass is 32.2. The maximum absolute atomic E-state index is 11.1. The van der Waals surface area contributed by atoms with Crippen LogP contribution in [0.15, 0.2) is 0 Å². The van der Waals surface area contributed by atoms with E-state index >= 15 is 0 Å². The van der Waals surface area contributed by atoms with E-state index in [-0.39, 0.29) is 11.6 Å². The third-order valence-electron chi connectivity index (χ3n) is 2.29. The van der Waals surface area contributed by atoms with Crippen LogP contribution in [0.3, 0.4) is 0 Å². The van der Waals surface area contributed by atoms with Gasteiger partial charge in [0.25, 0.3) is 0 Å². The van der Waals surface area contributed by atoms with E-state index in [9.17, 15) is 8.42 Å². The van der Waals surface area contributed by atoms with E-state index in [0.717, 1.165) is 17.5 Å². The average Bonchev–Trinajstić information content (AvgIpc) is 2.15. The van der Waals surface area contributed by atoms with Gasteiger partial charge in [-0.3, -0.25) is 0 Å². The van der Waals surface area contributed by atoms with Gasteiger partial charge in [0.05, 0.1) is 18.9 Å². The minimum Gasteiger partial charge on any atom is -0.383 e. The fourth-order valence-corrected chi connectivity index (χ4v) is 2.21. The molecule has 6 nitrogen and oxygen atoms in total. The van der Waals surface area contributed by atoms with Gasteiger partial charge in [-0.2, -0.15) is 0 Å². The second-order valence-corrected chi connectivity index (χ2v) is 5.96. The van der Waals surface area contributed by atoms with Crippen LogP contribution in [-0.2, 0) is 33.4 Å². The van der Waals surface area contributed by atoms with Gasteiger partial charge in [-0.25, -0.2) is 18.4 Å². The molecule has 0 aromatic carbocycles. The van der Waals surface area contributed by atoms with Crippen LogP contribution in [-0.4, -0.2) is 31.2 Å². The molecule has 16 heavy (non-hydrogen) atoms. The van der Waals surface area contributed by atoms with Crippen LogP contribution in [0.2, 0.25) is 0 Å². The molecule has 1 aromatic rings. The first-order valence-corrected chi connectivity index (χ1v) is 6.91. The predicted octanol–water partition coefficient (Wildman–Crippen LogP) is -0.324. The molecule has 88 valence electrons. The normalized spacial score (nSPS) is 15.8. The van der Waals surface area contributed by atoms with Gasteiger partial charge in [0.2, 0.25) is 0 Å². The number of nitrogen functional groups attached to an aromatic ring is 1. The molecule has 2 rings (SSSR count). The Labute approximate surface area is 93.8 Å². The zero-order valence-electron chi connectivity index (χ0n) is 8.93. The van der Waals surface area contributed by atoms with Crippen molar-refractivity contribution < 1.29 is 13.2 Å². The molecule has 0 saturated carbocycles. The maximum Gasteiger partial charge on any atom is 0.154 e. The van der Waals surface area contributed by atoms with Crippen molar-refractivity contribution in [3.63, 3.8) is 0 Å². The third kappa shape index (κ3) is 2.48. The summed E-state index contributed by atoms with van der Waals surface area (Å²) >= 11 is 0. The summed E-state index contributed by atoms with van der Waals surface area (Å²) < 4.78 is 27.5. The van der Waals surface area contributed by atoms with Gasteiger partial charge >= 0.3 is 0 Å². The summed E-state index contributed by atoms with van der Waals surface area (Å²) in [4.78, 5) is 8.19. The Hall–Kier alpha value is -1.21. The molecule has 0 amide bonds. The molecule has 0 aliphatic carbocycles. The SMILES string of the molecule is CS(=O)(=O)Cc1nc(N)c2c(n1)CCOC2. The molecule has 0 fully saturated rings. The molecule has 0 radical (unpaired) electrons. The first-order valence-electron chi connectivity index (χ1n) is 4.85. The van der Waals surface area contributed by atoms with Crippen molar-refractivity contribution in [1.82, 2.24) is 9.97 Å². The fourth-order valence-electron chi connectivity index (χ4n) is 1.61. The van der Waals surface area contributed by atoms with Crippen molar-refractivity contribution in [3.8, 4) is 0 Å². The standard InChI is InChI=1S/C9H13N3O3S/c1-16(13,14)5-8-11-7-2-3-15-4-6(7)9(10)12-8/h2-5H2,1H3,(H2,10,11,12). The van der Waals surface area contributed by atoms with Gasteiger partial charge in [-0.1, -0.05) is 0 Å². The van der Waals surface area contributed by atoms with E-state index < -0.39 is 9.84 Å². The zero-order chi connectivity index (χ0) is 11.8. The molecule has 0 spiro atoms. The highest BCUT2D eigenvalue weighted by Gasteiger charge is 2.18. The van der Waals surface area contributed by atoms with Crippen LogP contribution in [0.5, 0.6) is 0 Å². The zero-order valence-corrected chi connectivity index (χ0v) is 9.75.